The van der Waals surface area contributed by atoms with Crippen molar-refractivity contribution in [1.29, 1.82) is 0 Å². The molecule has 0 fully saturated rings. The molecule has 1 N–H and O–H groups in total. The first-order valence-corrected chi connectivity index (χ1v) is 13.5. The highest BCUT2D eigenvalue weighted by Gasteiger charge is 2.32. The molecule has 35 heavy (non-hydrogen) atoms. The number of halogens is 1. The smallest absolute Gasteiger partial charge is 0.336 e. The van der Waals surface area contributed by atoms with Crippen molar-refractivity contribution < 1.29 is 22.4 Å². The summed E-state index contributed by atoms with van der Waals surface area (Å²) in [7, 11) is -3.98. The number of aryl methyl sites for hydroxylation is 2. The van der Waals surface area contributed by atoms with E-state index in [-0.39, 0.29) is 27.2 Å². The molecule has 7 nitrogen and oxygen atoms in total. The van der Waals surface area contributed by atoms with Crippen LogP contribution in [0.25, 0.3) is 11.0 Å². The van der Waals surface area contributed by atoms with E-state index >= 15 is 0 Å². The van der Waals surface area contributed by atoms with Gasteiger partial charge in [-0.15, -0.1) is 0 Å². The minimum atomic E-state index is -3.98. The molecule has 0 amide bonds. The Bertz CT molecular complexity index is 1370. The molecule has 0 spiro atoms. The highest BCUT2D eigenvalue weighted by atomic mass is 35.5. The summed E-state index contributed by atoms with van der Waals surface area (Å²) in [6, 6.07) is 9.62. The van der Waals surface area contributed by atoms with Gasteiger partial charge in [0.05, 0.1) is 9.92 Å². The Morgan fingerprint density at radius 3 is 2.46 bits per heavy atom. The Labute approximate surface area is 210 Å². The van der Waals surface area contributed by atoms with Crippen molar-refractivity contribution in [3.63, 3.8) is 0 Å². The average Bonchev–Trinajstić information content (AvgIpc) is 2.81. The zero-order chi connectivity index (χ0) is 25.8. The summed E-state index contributed by atoms with van der Waals surface area (Å²) in [5, 5.41) is 0.822. The molecule has 1 aromatic heterocycles. The van der Waals surface area contributed by atoms with Crippen molar-refractivity contribution in [1.82, 2.24) is 4.72 Å². The summed E-state index contributed by atoms with van der Waals surface area (Å²) in [6.07, 6.45) is 3.06. The van der Waals surface area contributed by atoms with Gasteiger partial charge >= 0.3 is 11.6 Å². The summed E-state index contributed by atoms with van der Waals surface area (Å²) in [4.78, 5) is 25.2. The highest BCUT2D eigenvalue weighted by molar-refractivity contribution is 7.89. The molecule has 0 aliphatic carbocycles. The van der Waals surface area contributed by atoms with Crippen LogP contribution in [0.4, 0.5) is 0 Å². The lowest BCUT2D eigenvalue weighted by atomic mass is 10.0. The van der Waals surface area contributed by atoms with E-state index in [4.69, 9.17) is 20.8 Å². The first-order valence-electron chi connectivity index (χ1n) is 11.6. The van der Waals surface area contributed by atoms with Gasteiger partial charge in [0.25, 0.3) is 0 Å². The summed E-state index contributed by atoms with van der Waals surface area (Å²) in [5.74, 6) is -1.18. The van der Waals surface area contributed by atoms with E-state index in [1.54, 1.807) is 25.1 Å². The zero-order valence-corrected chi connectivity index (χ0v) is 21.8. The van der Waals surface area contributed by atoms with E-state index in [1.165, 1.54) is 24.3 Å². The molecular weight excluding hydrogens is 490 g/mol. The SMILES string of the molecule is CCCCc1cc(=O)oc2cc(OC(=O)[C@@H](NS(=O)(=O)c3ccc(C)cc3)[C@@H](C)CC)c(Cl)cc12. The maximum atomic E-state index is 13.1. The van der Waals surface area contributed by atoms with Gasteiger partial charge in [-0.25, -0.2) is 18.0 Å². The number of benzene rings is 2. The molecule has 0 bridgehead atoms. The van der Waals surface area contributed by atoms with Crippen molar-refractivity contribution in [2.24, 2.45) is 5.92 Å². The van der Waals surface area contributed by atoms with Crippen molar-refractivity contribution >= 4 is 38.6 Å². The number of esters is 1. The van der Waals surface area contributed by atoms with Crippen LogP contribution in [0.15, 0.2) is 56.6 Å². The molecule has 0 saturated heterocycles. The predicted molar refractivity (Wildman–Crippen MR) is 136 cm³/mol. The molecule has 0 aliphatic heterocycles. The van der Waals surface area contributed by atoms with Gasteiger partial charge in [0.1, 0.15) is 11.6 Å². The van der Waals surface area contributed by atoms with Gasteiger partial charge in [-0.2, -0.15) is 4.72 Å². The Kier molecular flexibility index (Phi) is 8.74. The van der Waals surface area contributed by atoms with Crippen LogP contribution >= 0.6 is 11.6 Å². The fourth-order valence-electron chi connectivity index (χ4n) is 3.64. The third kappa shape index (κ3) is 6.51. The number of ether oxygens (including phenoxy) is 1. The lowest BCUT2D eigenvalue weighted by molar-refractivity contribution is -0.137. The Balaban J connectivity index is 1.92. The van der Waals surface area contributed by atoms with Gasteiger partial charge < -0.3 is 9.15 Å². The first-order chi connectivity index (χ1) is 16.6. The molecule has 3 rings (SSSR count). The molecule has 2 aromatic carbocycles. The topological polar surface area (TPSA) is 103 Å². The van der Waals surface area contributed by atoms with Crippen molar-refractivity contribution in [2.75, 3.05) is 0 Å². The third-order valence-electron chi connectivity index (χ3n) is 5.97. The number of rotatable bonds is 10. The number of carbonyl (C=O) groups excluding carboxylic acids is 1. The molecule has 0 radical (unpaired) electrons. The van der Waals surface area contributed by atoms with Crippen LogP contribution in [0, 0.1) is 12.8 Å². The first kappa shape index (κ1) is 26.9. The molecule has 0 saturated carbocycles. The summed E-state index contributed by atoms with van der Waals surface area (Å²) >= 11 is 6.42. The maximum Gasteiger partial charge on any atom is 0.336 e. The van der Waals surface area contributed by atoms with Gasteiger partial charge in [-0.1, -0.05) is 62.9 Å². The average molecular weight is 520 g/mol. The number of carbonyl (C=O) groups is 1. The quantitative estimate of drug-likeness (QED) is 0.219. The maximum absolute atomic E-state index is 13.1. The Morgan fingerprint density at radius 2 is 1.83 bits per heavy atom. The second-order valence-corrected chi connectivity index (χ2v) is 10.8. The largest absolute Gasteiger partial charge is 0.424 e. The number of hydrogen-bond acceptors (Lipinski definition) is 6. The number of unbranched alkanes of at least 4 members (excludes halogenated alkanes) is 1. The normalized spacial score (nSPS) is 13.5. The molecule has 9 heteroatoms. The van der Waals surface area contributed by atoms with Crippen molar-refractivity contribution in [3.8, 4) is 5.75 Å². The van der Waals surface area contributed by atoms with Gasteiger partial charge in [0.2, 0.25) is 10.0 Å². The van der Waals surface area contributed by atoms with Gasteiger partial charge in [0, 0.05) is 17.5 Å². The number of fused-ring (bicyclic) bond motifs is 1. The van der Waals surface area contributed by atoms with Crippen LogP contribution in [0.1, 0.15) is 51.2 Å². The lowest BCUT2D eigenvalue weighted by Gasteiger charge is -2.23. The molecule has 2 atom stereocenters. The van der Waals surface area contributed by atoms with E-state index < -0.39 is 27.7 Å². The van der Waals surface area contributed by atoms with Crippen LogP contribution in [0.3, 0.4) is 0 Å². The molecule has 1 heterocycles. The van der Waals surface area contributed by atoms with Crippen molar-refractivity contribution in [3.05, 3.63) is 69.0 Å². The Hall–Kier alpha value is -2.68. The number of hydrogen-bond donors (Lipinski definition) is 1. The summed E-state index contributed by atoms with van der Waals surface area (Å²) < 4.78 is 39.2. The summed E-state index contributed by atoms with van der Waals surface area (Å²) in [5.41, 5.74) is 1.46. The van der Waals surface area contributed by atoms with Crippen LogP contribution in [-0.4, -0.2) is 20.4 Å². The van der Waals surface area contributed by atoms with Gasteiger partial charge in [0.15, 0.2) is 5.75 Å². The van der Waals surface area contributed by atoms with E-state index in [2.05, 4.69) is 11.6 Å². The van der Waals surface area contributed by atoms with E-state index in [1.807, 2.05) is 13.8 Å². The molecule has 3 aromatic rings. The fourth-order valence-corrected chi connectivity index (χ4v) is 5.13. The van der Waals surface area contributed by atoms with Gasteiger partial charge in [-0.05, 0) is 49.4 Å². The van der Waals surface area contributed by atoms with E-state index in [9.17, 15) is 18.0 Å². The monoisotopic (exact) mass is 519 g/mol. The number of sulfonamides is 1. The standard InChI is InChI=1S/C26H30ClNO6S/c1-5-7-8-18-13-24(29)33-22-15-23(21(27)14-20(18)22)34-26(30)25(17(4)6-2)28-35(31,32)19-11-9-16(3)10-12-19/h9-15,17,25,28H,5-8H2,1-4H3/t17-,25-/m0/s1. The minimum Gasteiger partial charge on any atom is -0.424 e. The zero-order valence-electron chi connectivity index (χ0n) is 20.3. The second-order valence-electron chi connectivity index (χ2n) is 8.69. The van der Waals surface area contributed by atoms with Crippen LogP contribution in [0.5, 0.6) is 5.75 Å². The lowest BCUT2D eigenvalue weighted by Crippen LogP contribution is -2.46. The number of nitrogens with one attached hydrogen (secondary N) is 1. The summed E-state index contributed by atoms with van der Waals surface area (Å²) in [6.45, 7) is 7.51. The van der Waals surface area contributed by atoms with Crippen LogP contribution in [0.2, 0.25) is 5.02 Å². The molecular formula is C26H30ClNO6S. The highest BCUT2D eigenvalue weighted by Crippen LogP contribution is 2.32. The predicted octanol–water partition coefficient (Wildman–Crippen LogP) is 5.40. The molecule has 0 aliphatic rings. The third-order valence-corrected chi connectivity index (χ3v) is 7.73. The minimum absolute atomic E-state index is 0.0113. The molecule has 188 valence electrons. The molecule has 0 unspecified atom stereocenters. The fraction of sp³-hybridized carbons (Fsp3) is 0.385. The van der Waals surface area contributed by atoms with E-state index in [0.29, 0.717) is 18.2 Å². The Morgan fingerprint density at radius 1 is 1.14 bits per heavy atom. The van der Waals surface area contributed by atoms with E-state index in [0.717, 1.165) is 24.0 Å². The second kappa shape index (κ2) is 11.4. The van der Waals surface area contributed by atoms with Crippen molar-refractivity contribution in [2.45, 2.75) is 64.3 Å². The van der Waals surface area contributed by atoms with Crippen LogP contribution in [-0.2, 0) is 21.2 Å². The van der Waals surface area contributed by atoms with Gasteiger partial charge in [-0.3, -0.25) is 0 Å². The van der Waals surface area contributed by atoms with Crippen LogP contribution < -0.4 is 15.1 Å².